The molecular formula is C9H11O3. The molecule has 1 radical (unpaired) electrons. The van der Waals surface area contributed by atoms with E-state index >= 15 is 0 Å². The third kappa shape index (κ3) is 1.61. The van der Waals surface area contributed by atoms with E-state index in [1.807, 2.05) is 0 Å². The summed E-state index contributed by atoms with van der Waals surface area (Å²) in [6.07, 6.45) is 0. The molecule has 3 nitrogen and oxygen atoms in total. The van der Waals surface area contributed by atoms with E-state index in [4.69, 9.17) is 14.2 Å². The summed E-state index contributed by atoms with van der Waals surface area (Å²) in [5.74, 6) is 1.93. The van der Waals surface area contributed by atoms with Gasteiger partial charge in [-0.2, -0.15) is 0 Å². The Morgan fingerprint density at radius 3 is 2.17 bits per heavy atom. The van der Waals surface area contributed by atoms with Gasteiger partial charge in [0.25, 0.3) is 0 Å². The van der Waals surface area contributed by atoms with Crippen LogP contribution in [0.1, 0.15) is 0 Å². The van der Waals surface area contributed by atoms with Crippen molar-refractivity contribution in [1.29, 1.82) is 0 Å². The fraction of sp³-hybridized carbons (Fsp3) is 0.333. The van der Waals surface area contributed by atoms with Crippen LogP contribution in [0.15, 0.2) is 12.1 Å². The molecule has 0 spiro atoms. The molecule has 0 saturated carbocycles. The zero-order chi connectivity index (χ0) is 8.97. The maximum atomic E-state index is 5.05. The van der Waals surface area contributed by atoms with Gasteiger partial charge in [0.1, 0.15) is 5.75 Å². The molecule has 12 heavy (non-hydrogen) atoms. The van der Waals surface area contributed by atoms with Crippen molar-refractivity contribution in [3.63, 3.8) is 0 Å². The van der Waals surface area contributed by atoms with Crippen molar-refractivity contribution in [2.24, 2.45) is 0 Å². The first-order valence-electron chi connectivity index (χ1n) is 3.49. The van der Waals surface area contributed by atoms with Crippen molar-refractivity contribution in [2.75, 3.05) is 21.3 Å². The summed E-state index contributed by atoms with van der Waals surface area (Å²) < 4.78 is 15.0. The number of rotatable bonds is 3. The average Bonchev–Trinajstić information content (AvgIpc) is 2.16. The molecule has 0 fully saturated rings. The van der Waals surface area contributed by atoms with Crippen LogP contribution in [0.3, 0.4) is 0 Å². The van der Waals surface area contributed by atoms with Crippen molar-refractivity contribution in [3.05, 3.63) is 18.2 Å². The van der Waals surface area contributed by atoms with E-state index in [2.05, 4.69) is 6.07 Å². The maximum absolute atomic E-state index is 5.05. The van der Waals surface area contributed by atoms with Crippen LogP contribution in [0.5, 0.6) is 17.2 Å². The third-order valence-electron chi connectivity index (χ3n) is 1.51. The highest BCUT2D eigenvalue weighted by Crippen LogP contribution is 2.29. The van der Waals surface area contributed by atoms with Crippen molar-refractivity contribution in [1.82, 2.24) is 0 Å². The summed E-state index contributed by atoms with van der Waals surface area (Å²) in [5, 5.41) is 0. The minimum absolute atomic E-state index is 0.632. The van der Waals surface area contributed by atoms with Crippen molar-refractivity contribution in [3.8, 4) is 17.2 Å². The molecule has 65 valence electrons. The van der Waals surface area contributed by atoms with E-state index in [9.17, 15) is 0 Å². The van der Waals surface area contributed by atoms with E-state index in [0.717, 1.165) is 0 Å². The van der Waals surface area contributed by atoms with E-state index < -0.39 is 0 Å². The largest absolute Gasteiger partial charge is 0.496 e. The zero-order valence-corrected chi connectivity index (χ0v) is 7.38. The van der Waals surface area contributed by atoms with Crippen LogP contribution in [0.2, 0.25) is 0 Å². The SMILES string of the molecule is COc1[c]cc(OC)c(OC)c1. The topological polar surface area (TPSA) is 27.7 Å². The predicted molar refractivity (Wildman–Crippen MR) is 44.9 cm³/mol. The van der Waals surface area contributed by atoms with Crippen LogP contribution in [0, 0.1) is 6.07 Å². The molecule has 1 rings (SSSR count). The first-order valence-corrected chi connectivity index (χ1v) is 3.49. The van der Waals surface area contributed by atoms with Crippen molar-refractivity contribution in [2.45, 2.75) is 0 Å². The van der Waals surface area contributed by atoms with Crippen molar-refractivity contribution < 1.29 is 14.2 Å². The maximum Gasteiger partial charge on any atom is 0.164 e. The molecule has 0 atom stereocenters. The lowest BCUT2D eigenvalue weighted by Gasteiger charge is -2.07. The van der Waals surface area contributed by atoms with Crippen LogP contribution in [0.25, 0.3) is 0 Å². The summed E-state index contributed by atoms with van der Waals surface area (Å²) >= 11 is 0. The zero-order valence-electron chi connectivity index (χ0n) is 7.38. The Kier molecular flexibility index (Phi) is 2.80. The smallest absolute Gasteiger partial charge is 0.164 e. The summed E-state index contributed by atoms with van der Waals surface area (Å²) in [5.41, 5.74) is 0. The lowest BCUT2D eigenvalue weighted by Crippen LogP contribution is -1.91. The van der Waals surface area contributed by atoms with Gasteiger partial charge in [0.2, 0.25) is 0 Å². The molecule has 0 aliphatic rings. The van der Waals surface area contributed by atoms with Gasteiger partial charge in [0.15, 0.2) is 11.5 Å². The second-order valence-electron chi connectivity index (χ2n) is 2.14. The second kappa shape index (κ2) is 3.85. The van der Waals surface area contributed by atoms with Crippen LogP contribution in [-0.2, 0) is 0 Å². The van der Waals surface area contributed by atoms with Crippen LogP contribution < -0.4 is 14.2 Å². The normalized spacial score (nSPS) is 9.25. The van der Waals surface area contributed by atoms with Gasteiger partial charge in [-0.3, -0.25) is 0 Å². The molecule has 0 aromatic heterocycles. The predicted octanol–water partition coefficient (Wildman–Crippen LogP) is 1.51. The lowest BCUT2D eigenvalue weighted by molar-refractivity contribution is 0.348. The van der Waals surface area contributed by atoms with Crippen LogP contribution >= 0.6 is 0 Å². The molecule has 0 aliphatic heterocycles. The van der Waals surface area contributed by atoms with Gasteiger partial charge in [-0.05, 0) is 6.07 Å². The molecule has 0 saturated heterocycles. The Labute approximate surface area is 71.9 Å². The molecular weight excluding hydrogens is 156 g/mol. The molecule has 0 N–H and O–H groups in total. The van der Waals surface area contributed by atoms with Crippen LogP contribution in [0.4, 0.5) is 0 Å². The van der Waals surface area contributed by atoms with E-state index in [0.29, 0.717) is 17.2 Å². The van der Waals surface area contributed by atoms with Gasteiger partial charge in [-0.15, -0.1) is 0 Å². The van der Waals surface area contributed by atoms with Crippen LogP contribution in [-0.4, -0.2) is 21.3 Å². The Hall–Kier alpha value is -1.38. The molecule has 0 heterocycles. The molecule has 0 unspecified atom stereocenters. The number of benzene rings is 1. The highest BCUT2D eigenvalue weighted by Gasteiger charge is 2.03. The van der Waals surface area contributed by atoms with Gasteiger partial charge in [-0.25, -0.2) is 0 Å². The number of hydrogen-bond acceptors (Lipinski definition) is 3. The summed E-state index contributed by atoms with van der Waals surface area (Å²) in [6, 6.07) is 6.28. The van der Waals surface area contributed by atoms with Gasteiger partial charge in [0, 0.05) is 12.1 Å². The van der Waals surface area contributed by atoms with E-state index in [1.165, 1.54) is 0 Å². The fourth-order valence-electron chi connectivity index (χ4n) is 0.877. The Morgan fingerprint density at radius 2 is 1.67 bits per heavy atom. The second-order valence-corrected chi connectivity index (χ2v) is 2.14. The summed E-state index contributed by atoms with van der Waals surface area (Å²) in [7, 11) is 4.74. The van der Waals surface area contributed by atoms with E-state index in [-0.39, 0.29) is 0 Å². The summed E-state index contributed by atoms with van der Waals surface area (Å²) in [6.45, 7) is 0. The first kappa shape index (κ1) is 8.71. The quantitative estimate of drug-likeness (QED) is 0.683. The summed E-state index contributed by atoms with van der Waals surface area (Å²) in [4.78, 5) is 0. The minimum Gasteiger partial charge on any atom is -0.496 e. The monoisotopic (exact) mass is 167 g/mol. The fourth-order valence-corrected chi connectivity index (χ4v) is 0.877. The number of ether oxygens (including phenoxy) is 3. The standard InChI is InChI=1S/C9H11O3/c1-10-7-4-5-8(11-2)9(6-7)12-3/h5-6H,1-3H3. The third-order valence-corrected chi connectivity index (χ3v) is 1.51. The molecule has 3 heteroatoms. The molecule has 1 aromatic carbocycles. The molecule has 0 aliphatic carbocycles. The van der Waals surface area contributed by atoms with Crippen molar-refractivity contribution >= 4 is 0 Å². The lowest BCUT2D eigenvalue weighted by atomic mass is 10.3. The minimum atomic E-state index is 0.632. The van der Waals surface area contributed by atoms with Gasteiger partial charge < -0.3 is 14.2 Å². The number of methoxy groups -OCH3 is 3. The highest BCUT2D eigenvalue weighted by atomic mass is 16.5. The van der Waals surface area contributed by atoms with E-state index in [1.54, 1.807) is 33.5 Å². The Bertz CT molecular complexity index is 258. The van der Waals surface area contributed by atoms with Gasteiger partial charge in [-0.1, -0.05) is 0 Å². The van der Waals surface area contributed by atoms with Gasteiger partial charge >= 0.3 is 0 Å². The average molecular weight is 167 g/mol. The molecule has 0 bridgehead atoms. The number of hydrogen-bond donors (Lipinski definition) is 0. The Balaban J connectivity index is 3.02. The molecule has 1 aromatic rings. The highest BCUT2D eigenvalue weighted by molar-refractivity contribution is 5.44. The van der Waals surface area contributed by atoms with Gasteiger partial charge in [0.05, 0.1) is 21.3 Å². The Morgan fingerprint density at radius 1 is 1.00 bits per heavy atom. The molecule has 0 amide bonds. The first-order chi connectivity index (χ1) is 5.81.